The van der Waals surface area contributed by atoms with Gasteiger partial charge in [-0.1, -0.05) is 50.1 Å². The number of piperazine rings is 1. The predicted molar refractivity (Wildman–Crippen MR) is 85.1 cm³/mol. The molecule has 0 aromatic heterocycles. The lowest BCUT2D eigenvalue weighted by atomic mass is 9.93. The first-order valence-electron chi connectivity index (χ1n) is 8.34. The minimum Gasteiger partial charge on any atom is -0.314 e. The number of nitrogens with one attached hydrogen (secondary N) is 1. The Labute approximate surface area is 123 Å². The average Bonchev–Trinajstić information content (AvgIpc) is 3.28. The summed E-state index contributed by atoms with van der Waals surface area (Å²) in [5.41, 5.74) is 2.04. The zero-order valence-electron chi connectivity index (χ0n) is 12.8. The van der Waals surface area contributed by atoms with Gasteiger partial charge in [0.05, 0.1) is 0 Å². The van der Waals surface area contributed by atoms with Gasteiger partial charge < -0.3 is 5.32 Å². The Morgan fingerprint density at radius 2 is 2.05 bits per heavy atom. The Morgan fingerprint density at radius 3 is 2.75 bits per heavy atom. The number of unbranched alkanes of at least 4 members (excludes halogenated alkanes) is 1. The summed E-state index contributed by atoms with van der Waals surface area (Å²) in [6, 6.07) is 11.9. The van der Waals surface area contributed by atoms with Crippen molar-refractivity contribution in [2.24, 2.45) is 0 Å². The van der Waals surface area contributed by atoms with Gasteiger partial charge in [0.1, 0.15) is 0 Å². The Hall–Kier alpha value is -0.860. The molecule has 0 bridgehead atoms. The molecule has 1 saturated heterocycles. The molecule has 3 rings (SSSR count). The van der Waals surface area contributed by atoms with Crippen LogP contribution in [0.25, 0.3) is 0 Å². The first-order chi connectivity index (χ1) is 9.84. The molecule has 1 N–H and O–H groups in total. The maximum absolute atomic E-state index is 3.58. The minimum absolute atomic E-state index is 0.475. The number of nitrogens with zero attached hydrogens (tertiary/aromatic N) is 1. The summed E-state index contributed by atoms with van der Waals surface area (Å²) in [5.74, 6) is 0. The van der Waals surface area contributed by atoms with Gasteiger partial charge in [0.15, 0.2) is 0 Å². The fourth-order valence-corrected chi connectivity index (χ4v) is 3.60. The first kappa shape index (κ1) is 14.1. The van der Waals surface area contributed by atoms with Gasteiger partial charge in [-0.15, -0.1) is 0 Å². The lowest BCUT2D eigenvalue weighted by molar-refractivity contribution is 0.137. The van der Waals surface area contributed by atoms with E-state index in [1.165, 1.54) is 51.7 Å². The van der Waals surface area contributed by atoms with E-state index in [1.807, 2.05) is 0 Å². The van der Waals surface area contributed by atoms with E-state index in [-0.39, 0.29) is 0 Å². The van der Waals surface area contributed by atoms with Crippen molar-refractivity contribution < 1.29 is 0 Å². The Bertz CT molecular complexity index is 411. The second kappa shape index (κ2) is 6.28. The van der Waals surface area contributed by atoms with Gasteiger partial charge in [0.25, 0.3) is 0 Å². The molecule has 1 heterocycles. The van der Waals surface area contributed by atoms with Crippen LogP contribution in [0, 0.1) is 0 Å². The second-order valence-electron chi connectivity index (χ2n) is 6.62. The molecule has 0 spiro atoms. The van der Waals surface area contributed by atoms with Crippen molar-refractivity contribution in [3.8, 4) is 0 Å². The highest BCUT2D eigenvalue weighted by Crippen LogP contribution is 2.49. The molecule has 2 nitrogen and oxygen atoms in total. The molecule has 1 aliphatic heterocycles. The molecule has 110 valence electrons. The van der Waals surface area contributed by atoms with Gasteiger partial charge in [0.2, 0.25) is 0 Å². The van der Waals surface area contributed by atoms with Crippen molar-refractivity contribution >= 4 is 0 Å². The summed E-state index contributed by atoms with van der Waals surface area (Å²) < 4.78 is 0. The molecule has 1 aromatic rings. The van der Waals surface area contributed by atoms with Crippen molar-refractivity contribution in [2.45, 2.75) is 50.5 Å². The second-order valence-corrected chi connectivity index (χ2v) is 6.62. The zero-order chi connectivity index (χ0) is 13.8. The Morgan fingerprint density at radius 1 is 1.25 bits per heavy atom. The van der Waals surface area contributed by atoms with Gasteiger partial charge in [-0.2, -0.15) is 0 Å². The van der Waals surface area contributed by atoms with E-state index < -0.39 is 0 Å². The van der Waals surface area contributed by atoms with E-state index in [0.717, 1.165) is 12.6 Å². The van der Waals surface area contributed by atoms with Crippen LogP contribution in [0.15, 0.2) is 30.3 Å². The van der Waals surface area contributed by atoms with Crippen LogP contribution in [0.3, 0.4) is 0 Å². The third-order valence-corrected chi connectivity index (χ3v) is 5.11. The summed E-state index contributed by atoms with van der Waals surface area (Å²) in [7, 11) is 0. The van der Waals surface area contributed by atoms with Crippen LogP contribution in [0.4, 0.5) is 0 Å². The van der Waals surface area contributed by atoms with Gasteiger partial charge in [0, 0.05) is 37.6 Å². The summed E-state index contributed by atoms with van der Waals surface area (Å²) >= 11 is 0. The van der Waals surface area contributed by atoms with E-state index in [0.29, 0.717) is 5.41 Å². The highest BCUT2D eigenvalue weighted by Gasteiger charge is 2.46. The summed E-state index contributed by atoms with van der Waals surface area (Å²) in [5, 5.41) is 3.58. The molecule has 1 aromatic carbocycles. The number of rotatable bonds is 6. The molecule has 2 fully saturated rings. The minimum atomic E-state index is 0.475. The number of hydrogen-bond donors (Lipinski definition) is 1. The van der Waals surface area contributed by atoms with Crippen LogP contribution >= 0.6 is 0 Å². The van der Waals surface area contributed by atoms with Crippen LogP contribution < -0.4 is 5.32 Å². The van der Waals surface area contributed by atoms with E-state index in [9.17, 15) is 0 Å². The average molecular weight is 272 g/mol. The van der Waals surface area contributed by atoms with Crippen molar-refractivity contribution in [3.05, 3.63) is 35.9 Å². The fourth-order valence-electron chi connectivity index (χ4n) is 3.60. The van der Waals surface area contributed by atoms with Crippen molar-refractivity contribution in [3.63, 3.8) is 0 Å². The Kier molecular flexibility index (Phi) is 4.42. The Balaban J connectivity index is 1.66. The quantitative estimate of drug-likeness (QED) is 0.855. The maximum atomic E-state index is 3.58. The number of benzene rings is 1. The number of hydrogen-bond acceptors (Lipinski definition) is 2. The van der Waals surface area contributed by atoms with E-state index in [1.54, 1.807) is 5.56 Å². The zero-order valence-corrected chi connectivity index (χ0v) is 12.8. The fraction of sp³-hybridized carbons (Fsp3) is 0.667. The third kappa shape index (κ3) is 3.07. The van der Waals surface area contributed by atoms with Gasteiger partial charge in [-0.05, 0) is 24.8 Å². The van der Waals surface area contributed by atoms with Gasteiger partial charge in [-0.3, -0.25) is 4.90 Å². The topological polar surface area (TPSA) is 15.3 Å². The lowest BCUT2D eigenvalue weighted by Crippen LogP contribution is -2.53. The first-order valence-corrected chi connectivity index (χ1v) is 8.34. The smallest absolute Gasteiger partial charge is 0.0221 e. The largest absolute Gasteiger partial charge is 0.314 e. The molecule has 0 radical (unpaired) electrons. The molecule has 1 atom stereocenters. The van der Waals surface area contributed by atoms with Gasteiger partial charge in [-0.25, -0.2) is 0 Å². The summed E-state index contributed by atoms with van der Waals surface area (Å²) in [6.45, 7) is 7.14. The molecule has 1 aliphatic carbocycles. The van der Waals surface area contributed by atoms with Crippen LogP contribution in [0.2, 0.25) is 0 Å². The van der Waals surface area contributed by atoms with E-state index >= 15 is 0 Å². The highest BCUT2D eigenvalue weighted by molar-refractivity contribution is 5.31. The molecule has 1 saturated carbocycles. The molecule has 2 aliphatic rings. The normalized spacial score (nSPS) is 25.6. The monoisotopic (exact) mass is 272 g/mol. The van der Waals surface area contributed by atoms with E-state index in [2.05, 4.69) is 47.5 Å². The van der Waals surface area contributed by atoms with Crippen molar-refractivity contribution in [2.75, 3.05) is 26.2 Å². The highest BCUT2D eigenvalue weighted by atomic mass is 15.2. The molecular formula is C18H28N2. The molecular weight excluding hydrogens is 244 g/mol. The summed E-state index contributed by atoms with van der Waals surface area (Å²) in [4.78, 5) is 2.77. The van der Waals surface area contributed by atoms with Crippen LogP contribution in [0.5, 0.6) is 0 Å². The molecule has 0 amide bonds. The summed E-state index contributed by atoms with van der Waals surface area (Å²) in [6.07, 6.45) is 6.78. The maximum Gasteiger partial charge on any atom is 0.0221 e. The molecule has 20 heavy (non-hydrogen) atoms. The van der Waals surface area contributed by atoms with Crippen LogP contribution in [0.1, 0.15) is 44.6 Å². The lowest BCUT2D eigenvalue weighted by Gasteiger charge is -2.38. The van der Waals surface area contributed by atoms with Crippen molar-refractivity contribution in [1.29, 1.82) is 0 Å². The standard InChI is InChI=1S/C18H28N2/c1-2-3-9-17-14-19-12-13-20(17)15-18(10-11-18)16-7-5-4-6-8-16/h4-8,17,19H,2-3,9-15H2,1H3/t17-/m1/s1. The van der Waals surface area contributed by atoms with Crippen LogP contribution in [-0.2, 0) is 5.41 Å². The SMILES string of the molecule is CCCC[C@@H]1CNCCN1CC1(c2ccccc2)CC1. The molecule has 2 heteroatoms. The predicted octanol–water partition coefficient (Wildman–Crippen LogP) is 3.18. The molecule has 0 unspecified atom stereocenters. The van der Waals surface area contributed by atoms with Gasteiger partial charge >= 0.3 is 0 Å². The van der Waals surface area contributed by atoms with Crippen LogP contribution in [-0.4, -0.2) is 37.1 Å². The van der Waals surface area contributed by atoms with Crippen molar-refractivity contribution in [1.82, 2.24) is 10.2 Å². The third-order valence-electron chi connectivity index (χ3n) is 5.11. The van der Waals surface area contributed by atoms with E-state index in [4.69, 9.17) is 0 Å².